The standard InChI is InChI=1S/C21H24Cl2N2O3S/c1-14(16-8-7-15-5-3-4-6-17(15)11-16)24-21(26)13-25(29(2,27)28)18-9-10-19(22)20(23)12-18/h7-12,14H,3-6,13H2,1-2H3,(H,24,26). The molecular formula is C21H24Cl2N2O3S. The van der Waals surface area contributed by atoms with Crippen molar-refractivity contribution in [2.45, 2.75) is 38.6 Å². The van der Waals surface area contributed by atoms with Gasteiger partial charge in [-0.1, -0.05) is 41.4 Å². The zero-order valence-electron chi connectivity index (χ0n) is 16.4. The molecule has 0 fully saturated rings. The van der Waals surface area contributed by atoms with Gasteiger partial charge in [0.05, 0.1) is 28.0 Å². The molecule has 0 aliphatic heterocycles. The van der Waals surface area contributed by atoms with Crippen LogP contribution >= 0.6 is 23.2 Å². The van der Waals surface area contributed by atoms with Crippen molar-refractivity contribution >= 4 is 44.8 Å². The van der Waals surface area contributed by atoms with Gasteiger partial charge in [0.25, 0.3) is 0 Å². The molecule has 1 amide bonds. The predicted octanol–water partition coefficient (Wildman–Crippen LogP) is 4.52. The van der Waals surface area contributed by atoms with Crippen molar-refractivity contribution in [3.63, 3.8) is 0 Å². The summed E-state index contributed by atoms with van der Waals surface area (Å²) in [5.41, 5.74) is 4.02. The number of halogens is 2. The SMILES string of the molecule is CC(NC(=O)CN(c1ccc(Cl)c(Cl)c1)S(C)(=O)=O)c1ccc2c(c1)CCCC2. The van der Waals surface area contributed by atoms with E-state index in [9.17, 15) is 13.2 Å². The van der Waals surface area contributed by atoms with Gasteiger partial charge in [0.2, 0.25) is 15.9 Å². The van der Waals surface area contributed by atoms with Gasteiger partial charge < -0.3 is 5.32 Å². The van der Waals surface area contributed by atoms with Crippen molar-refractivity contribution in [3.8, 4) is 0 Å². The van der Waals surface area contributed by atoms with Gasteiger partial charge in [-0.05, 0) is 67.5 Å². The summed E-state index contributed by atoms with van der Waals surface area (Å²) in [5.74, 6) is -0.397. The van der Waals surface area contributed by atoms with Crippen LogP contribution in [0.25, 0.3) is 0 Å². The number of nitrogens with zero attached hydrogens (tertiary/aromatic N) is 1. The maximum Gasteiger partial charge on any atom is 0.241 e. The van der Waals surface area contributed by atoms with Crippen LogP contribution in [0.2, 0.25) is 10.0 Å². The van der Waals surface area contributed by atoms with E-state index >= 15 is 0 Å². The second-order valence-corrected chi connectivity index (χ2v) is 10.1. The predicted molar refractivity (Wildman–Crippen MR) is 118 cm³/mol. The number of fused-ring (bicyclic) bond motifs is 1. The molecule has 5 nitrogen and oxygen atoms in total. The Morgan fingerprint density at radius 3 is 2.41 bits per heavy atom. The van der Waals surface area contributed by atoms with Crippen molar-refractivity contribution in [3.05, 3.63) is 63.1 Å². The van der Waals surface area contributed by atoms with Crippen molar-refractivity contribution in [1.82, 2.24) is 5.32 Å². The number of anilines is 1. The van der Waals surface area contributed by atoms with E-state index in [1.165, 1.54) is 42.2 Å². The monoisotopic (exact) mass is 454 g/mol. The minimum atomic E-state index is -3.68. The number of aryl methyl sites for hydroxylation is 2. The molecule has 0 saturated heterocycles. The first-order valence-electron chi connectivity index (χ1n) is 9.49. The molecule has 0 aromatic heterocycles. The molecule has 1 aliphatic rings. The molecular weight excluding hydrogens is 431 g/mol. The Hall–Kier alpha value is -1.76. The van der Waals surface area contributed by atoms with E-state index in [1.54, 1.807) is 0 Å². The average Bonchev–Trinajstić information content (AvgIpc) is 2.67. The van der Waals surface area contributed by atoms with E-state index in [4.69, 9.17) is 23.2 Å². The van der Waals surface area contributed by atoms with Gasteiger partial charge >= 0.3 is 0 Å². The summed E-state index contributed by atoms with van der Waals surface area (Å²) in [6.45, 7) is 1.55. The Morgan fingerprint density at radius 2 is 1.76 bits per heavy atom. The summed E-state index contributed by atoms with van der Waals surface area (Å²) in [6, 6.07) is 10.5. The van der Waals surface area contributed by atoms with Gasteiger partial charge in [-0.15, -0.1) is 0 Å². The molecule has 0 heterocycles. The Bertz CT molecular complexity index is 1020. The number of carbonyl (C=O) groups excluding carboxylic acids is 1. The number of carbonyl (C=O) groups is 1. The first-order chi connectivity index (χ1) is 13.6. The van der Waals surface area contributed by atoms with Gasteiger partial charge in [-0.25, -0.2) is 8.42 Å². The highest BCUT2D eigenvalue weighted by molar-refractivity contribution is 7.92. The Kier molecular flexibility index (Phi) is 6.76. The van der Waals surface area contributed by atoms with E-state index in [0.717, 1.165) is 29.0 Å². The van der Waals surface area contributed by atoms with Crippen molar-refractivity contribution in [2.75, 3.05) is 17.1 Å². The number of amides is 1. The third kappa shape index (κ3) is 5.44. The van der Waals surface area contributed by atoms with E-state index in [1.807, 2.05) is 13.0 Å². The maximum absolute atomic E-state index is 12.6. The summed E-state index contributed by atoms with van der Waals surface area (Å²) in [7, 11) is -3.68. The summed E-state index contributed by atoms with van der Waals surface area (Å²) in [4.78, 5) is 12.6. The fourth-order valence-corrected chi connectivity index (χ4v) is 4.70. The van der Waals surface area contributed by atoms with Crippen LogP contribution in [0.4, 0.5) is 5.69 Å². The first-order valence-corrected chi connectivity index (χ1v) is 12.1. The third-order valence-electron chi connectivity index (χ3n) is 5.13. The number of sulfonamides is 1. The third-order valence-corrected chi connectivity index (χ3v) is 7.01. The summed E-state index contributed by atoms with van der Waals surface area (Å²) >= 11 is 11.9. The van der Waals surface area contributed by atoms with Gasteiger partial charge in [0, 0.05) is 0 Å². The highest BCUT2D eigenvalue weighted by Gasteiger charge is 2.23. The van der Waals surface area contributed by atoms with Crippen LogP contribution in [0.5, 0.6) is 0 Å². The minimum Gasteiger partial charge on any atom is -0.348 e. The Labute approximate surface area is 182 Å². The molecule has 156 valence electrons. The van der Waals surface area contributed by atoms with Crippen LogP contribution in [-0.2, 0) is 27.7 Å². The smallest absolute Gasteiger partial charge is 0.241 e. The fourth-order valence-electron chi connectivity index (χ4n) is 3.56. The lowest BCUT2D eigenvalue weighted by Gasteiger charge is -2.24. The van der Waals surface area contributed by atoms with Crippen LogP contribution in [0.1, 0.15) is 42.5 Å². The topological polar surface area (TPSA) is 66.5 Å². The van der Waals surface area contributed by atoms with Gasteiger partial charge in [0.15, 0.2) is 0 Å². The summed E-state index contributed by atoms with van der Waals surface area (Å²) in [6.07, 6.45) is 5.61. The van der Waals surface area contributed by atoms with E-state index < -0.39 is 15.9 Å². The molecule has 0 bridgehead atoms. The molecule has 0 saturated carbocycles. The lowest BCUT2D eigenvalue weighted by Crippen LogP contribution is -2.41. The number of hydrogen-bond donors (Lipinski definition) is 1. The van der Waals surface area contributed by atoms with Crippen LogP contribution < -0.4 is 9.62 Å². The average molecular weight is 455 g/mol. The zero-order chi connectivity index (χ0) is 21.2. The van der Waals surface area contributed by atoms with Gasteiger partial charge in [-0.2, -0.15) is 0 Å². The Morgan fingerprint density at radius 1 is 1.07 bits per heavy atom. The van der Waals surface area contributed by atoms with E-state index in [0.29, 0.717) is 10.7 Å². The molecule has 1 atom stereocenters. The second kappa shape index (κ2) is 8.94. The molecule has 1 unspecified atom stereocenters. The van der Waals surface area contributed by atoms with Crippen LogP contribution in [0.3, 0.4) is 0 Å². The summed E-state index contributed by atoms with van der Waals surface area (Å²) < 4.78 is 25.5. The quantitative estimate of drug-likeness (QED) is 0.697. The number of hydrogen-bond acceptors (Lipinski definition) is 3. The molecule has 0 spiro atoms. The zero-order valence-corrected chi connectivity index (χ0v) is 18.7. The second-order valence-electron chi connectivity index (χ2n) is 7.39. The lowest BCUT2D eigenvalue weighted by atomic mass is 9.89. The highest BCUT2D eigenvalue weighted by Crippen LogP contribution is 2.28. The van der Waals surface area contributed by atoms with Crippen molar-refractivity contribution in [1.29, 1.82) is 0 Å². The largest absolute Gasteiger partial charge is 0.348 e. The van der Waals surface area contributed by atoms with E-state index in [-0.39, 0.29) is 17.6 Å². The van der Waals surface area contributed by atoms with Crippen LogP contribution in [0, 0.1) is 0 Å². The van der Waals surface area contributed by atoms with Crippen molar-refractivity contribution < 1.29 is 13.2 Å². The van der Waals surface area contributed by atoms with E-state index in [2.05, 4.69) is 17.4 Å². The molecule has 1 N–H and O–H groups in total. The van der Waals surface area contributed by atoms with Gasteiger partial charge in [0.1, 0.15) is 6.54 Å². The fraction of sp³-hybridized carbons (Fsp3) is 0.381. The van der Waals surface area contributed by atoms with Gasteiger partial charge in [-0.3, -0.25) is 9.10 Å². The normalized spacial score (nSPS) is 14.8. The highest BCUT2D eigenvalue weighted by atomic mass is 35.5. The van der Waals surface area contributed by atoms with Crippen molar-refractivity contribution in [2.24, 2.45) is 0 Å². The van der Waals surface area contributed by atoms with Crippen LogP contribution in [0.15, 0.2) is 36.4 Å². The molecule has 1 aliphatic carbocycles. The molecule has 3 rings (SSSR count). The Balaban J connectivity index is 1.74. The molecule has 29 heavy (non-hydrogen) atoms. The van der Waals surface area contributed by atoms with Crippen LogP contribution in [-0.4, -0.2) is 27.1 Å². The number of benzene rings is 2. The molecule has 2 aromatic rings. The number of nitrogens with one attached hydrogen (secondary N) is 1. The number of rotatable bonds is 6. The summed E-state index contributed by atoms with van der Waals surface area (Å²) in [5, 5.41) is 3.43. The maximum atomic E-state index is 12.6. The lowest BCUT2D eigenvalue weighted by molar-refractivity contribution is -0.120. The molecule has 8 heteroatoms. The molecule has 2 aromatic carbocycles. The minimum absolute atomic E-state index is 0.223. The molecule has 0 radical (unpaired) electrons. The first kappa shape index (κ1) is 21.9.